The van der Waals surface area contributed by atoms with Crippen molar-refractivity contribution in [3.63, 3.8) is 0 Å². The molecule has 9 heteroatoms. The summed E-state index contributed by atoms with van der Waals surface area (Å²) in [6, 6.07) is 5.05. The van der Waals surface area contributed by atoms with Gasteiger partial charge in [0, 0.05) is 36.8 Å². The van der Waals surface area contributed by atoms with Gasteiger partial charge in [-0.15, -0.1) is 0 Å². The number of rotatable bonds is 5. The number of aromatic amines is 1. The largest absolute Gasteiger partial charge is 0.446 e. The van der Waals surface area contributed by atoms with Crippen LogP contribution in [0, 0.1) is 0 Å². The summed E-state index contributed by atoms with van der Waals surface area (Å²) in [6.07, 6.45) is 2.09. The second-order valence-corrected chi connectivity index (χ2v) is 6.85. The molecule has 3 N–H and O–H groups in total. The van der Waals surface area contributed by atoms with E-state index in [0.29, 0.717) is 11.6 Å². The van der Waals surface area contributed by atoms with E-state index in [1.165, 1.54) is 10.7 Å². The molecule has 0 unspecified atom stereocenters. The minimum absolute atomic E-state index is 0.0621. The van der Waals surface area contributed by atoms with Gasteiger partial charge < -0.3 is 15.4 Å². The van der Waals surface area contributed by atoms with Crippen molar-refractivity contribution >= 4 is 17.7 Å². The standard InChI is InChI=1S/C17H24N6O3/c1-10(2)18-17(25)26-12-5-4-11(8-12)13-9-15(21-20-13)19-14-6-7-16(24)23(3)22-14/h6-7,9-12H,4-5,8H2,1-3H3,(H,18,25)(H2,19,20,21,22)/t11-,12+/m0/s1. The van der Waals surface area contributed by atoms with Crippen LogP contribution in [0.1, 0.15) is 44.7 Å². The maximum absolute atomic E-state index is 11.7. The number of nitrogens with zero attached hydrogens (tertiary/aromatic N) is 3. The molecule has 3 rings (SSSR count). The fourth-order valence-electron chi connectivity index (χ4n) is 3.06. The first kappa shape index (κ1) is 18.0. The van der Waals surface area contributed by atoms with E-state index in [0.717, 1.165) is 25.0 Å². The summed E-state index contributed by atoms with van der Waals surface area (Å²) >= 11 is 0. The molecular weight excluding hydrogens is 336 g/mol. The first-order valence-electron chi connectivity index (χ1n) is 8.74. The average molecular weight is 360 g/mol. The molecule has 1 fully saturated rings. The molecule has 0 aliphatic heterocycles. The Balaban J connectivity index is 1.57. The molecule has 26 heavy (non-hydrogen) atoms. The number of aryl methyl sites for hydroxylation is 1. The van der Waals surface area contributed by atoms with Gasteiger partial charge in [0.25, 0.3) is 5.56 Å². The van der Waals surface area contributed by atoms with E-state index in [-0.39, 0.29) is 29.7 Å². The lowest BCUT2D eigenvalue weighted by Crippen LogP contribution is -2.33. The van der Waals surface area contributed by atoms with Crippen LogP contribution >= 0.6 is 0 Å². The number of ether oxygens (including phenoxy) is 1. The lowest BCUT2D eigenvalue weighted by atomic mass is 10.0. The molecule has 1 saturated carbocycles. The number of hydrogen-bond acceptors (Lipinski definition) is 6. The summed E-state index contributed by atoms with van der Waals surface area (Å²) in [7, 11) is 1.59. The Hall–Kier alpha value is -2.84. The van der Waals surface area contributed by atoms with Crippen molar-refractivity contribution in [2.75, 3.05) is 5.32 Å². The van der Waals surface area contributed by atoms with Crippen LogP contribution in [0.3, 0.4) is 0 Å². The van der Waals surface area contributed by atoms with E-state index in [4.69, 9.17) is 4.74 Å². The number of aromatic nitrogens is 4. The highest BCUT2D eigenvalue weighted by Crippen LogP contribution is 2.36. The zero-order valence-electron chi connectivity index (χ0n) is 15.2. The zero-order valence-corrected chi connectivity index (χ0v) is 15.2. The molecule has 140 valence electrons. The van der Waals surface area contributed by atoms with E-state index in [9.17, 15) is 9.59 Å². The average Bonchev–Trinajstić information content (AvgIpc) is 3.19. The van der Waals surface area contributed by atoms with Crippen LogP contribution < -0.4 is 16.2 Å². The Morgan fingerprint density at radius 2 is 2.15 bits per heavy atom. The number of carbonyl (C=O) groups excluding carboxylic acids is 1. The Kier molecular flexibility index (Phi) is 5.24. The predicted octanol–water partition coefficient (Wildman–Crippen LogP) is 2.02. The summed E-state index contributed by atoms with van der Waals surface area (Å²) < 4.78 is 6.72. The number of amides is 1. The van der Waals surface area contributed by atoms with Crippen molar-refractivity contribution < 1.29 is 9.53 Å². The minimum Gasteiger partial charge on any atom is -0.446 e. The third-order valence-electron chi connectivity index (χ3n) is 4.32. The maximum Gasteiger partial charge on any atom is 0.407 e. The number of nitrogens with one attached hydrogen (secondary N) is 3. The SMILES string of the molecule is CC(C)NC(=O)O[C@@H]1CC[C@H](c2cc(Nc3ccc(=O)n(C)n3)n[nH]2)C1. The summed E-state index contributed by atoms with van der Waals surface area (Å²) in [5.74, 6) is 1.44. The van der Waals surface area contributed by atoms with Crippen LogP contribution in [0.2, 0.25) is 0 Å². The molecule has 9 nitrogen and oxygen atoms in total. The summed E-state index contributed by atoms with van der Waals surface area (Å²) in [5.41, 5.74) is 0.824. The third kappa shape index (κ3) is 4.41. The van der Waals surface area contributed by atoms with Crippen LogP contribution in [0.4, 0.5) is 16.4 Å². The van der Waals surface area contributed by atoms with Gasteiger partial charge in [0.2, 0.25) is 0 Å². The molecular formula is C17H24N6O3. The molecule has 0 bridgehead atoms. The Labute approximate surface area is 151 Å². The molecule has 0 radical (unpaired) electrons. The smallest absolute Gasteiger partial charge is 0.407 e. The Bertz CT molecular complexity index is 828. The van der Waals surface area contributed by atoms with Gasteiger partial charge in [-0.1, -0.05) is 0 Å². The molecule has 2 atom stereocenters. The van der Waals surface area contributed by atoms with Crippen LogP contribution in [0.5, 0.6) is 0 Å². The summed E-state index contributed by atoms with van der Waals surface area (Å²) in [6.45, 7) is 3.80. The van der Waals surface area contributed by atoms with E-state index in [1.54, 1.807) is 13.1 Å². The minimum atomic E-state index is -0.363. The second-order valence-electron chi connectivity index (χ2n) is 6.85. The van der Waals surface area contributed by atoms with Crippen molar-refractivity contribution in [2.24, 2.45) is 7.05 Å². The van der Waals surface area contributed by atoms with Crippen LogP contribution in [-0.4, -0.2) is 38.2 Å². The lowest BCUT2D eigenvalue weighted by molar-refractivity contribution is 0.0981. The van der Waals surface area contributed by atoms with Crippen LogP contribution in [0.25, 0.3) is 0 Å². The van der Waals surface area contributed by atoms with Gasteiger partial charge in [0.1, 0.15) is 6.10 Å². The van der Waals surface area contributed by atoms with Gasteiger partial charge in [0.15, 0.2) is 11.6 Å². The van der Waals surface area contributed by atoms with Gasteiger partial charge in [0.05, 0.1) is 0 Å². The van der Waals surface area contributed by atoms with Gasteiger partial charge in [-0.05, 0) is 39.2 Å². The third-order valence-corrected chi connectivity index (χ3v) is 4.32. The van der Waals surface area contributed by atoms with Crippen molar-refractivity contribution in [3.8, 4) is 0 Å². The van der Waals surface area contributed by atoms with Crippen molar-refractivity contribution in [2.45, 2.75) is 51.2 Å². The van der Waals surface area contributed by atoms with E-state index < -0.39 is 0 Å². The van der Waals surface area contributed by atoms with Crippen LogP contribution in [-0.2, 0) is 11.8 Å². The van der Waals surface area contributed by atoms with Crippen molar-refractivity contribution in [1.29, 1.82) is 0 Å². The van der Waals surface area contributed by atoms with Crippen molar-refractivity contribution in [1.82, 2.24) is 25.3 Å². The number of alkyl carbamates (subject to hydrolysis) is 1. The topological polar surface area (TPSA) is 114 Å². The van der Waals surface area contributed by atoms with Crippen molar-refractivity contribution in [3.05, 3.63) is 34.2 Å². The molecule has 0 saturated heterocycles. The molecule has 1 amide bonds. The van der Waals surface area contributed by atoms with Gasteiger partial charge in [-0.25, -0.2) is 9.48 Å². The van der Waals surface area contributed by atoms with Gasteiger partial charge in [-0.2, -0.15) is 10.2 Å². The molecule has 2 aromatic rings. The highest BCUT2D eigenvalue weighted by Gasteiger charge is 2.30. The monoisotopic (exact) mass is 360 g/mol. The first-order valence-corrected chi connectivity index (χ1v) is 8.74. The van der Waals surface area contributed by atoms with E-state index in [1.807, 2.05) is 19.9 Å². The number of H-pyrrole nitrogens is 1. The fourth-order valence-corrected chi connectivity index (χ4v) is 3.06. The number of hydrogen-bond donors (Lipinski definition) is 3. The number of carbonyl (C=O) groups is 1. The summed E-state index contributed by atoms with van der Waals surface area (Å²) in [5, 5.41) is 17.2. The highest BCUT2D eigenvalue weighted by molar-refractivity contribution is 5.67. The Morgan fingerprint density at radius 1 is 1.35 bits per heavy atom. The maximum atomic E-state index is 11.7. The van der Waals surface area contributed by atoms with Gasteiger partial charge in [-0.3, -0.25) is 9.89 Å². The second kappa shape index (κ2) is 7.59. The molecule has 0 aromatic carbocycles. The zero-order chi connectivity index (χ0) is 18.7. The molecule has 1 aliphatic rings. The molecule has 2 heterocycles. The first-order chi connectivity index (χ1) is 12.4. The van der Waals surface area contributed by atoms with Crippen LogP contribution in [0.15, 0.2) is 23.0 Å². The quantitative estimate of drug-likeness (QED) is 0.752. The lowest BCUT2D eigenvalue weighted by Gasteiger charge is -2.14. The molecule has 0 spiro atoms. The molecule has 2 aromatic heterocycles. The number of anilines is 2. The van der Waals surface area contributed by atoms with Gasteiger partial charge >= 0.3 is 6.09 Å². The predicted molar refractivity (Wildman–Crippen MR) is 96.5 cm³/mol. The highest BCUT2D eigenvalue weighted by atomic mass is 16.6. The normalized spacial score (nSPS) is 19.5. The summed E-state index contributed by atoms with van der Waals surface area (Å²) in [4.78, 5) is 23.1. The molecule has 1 aliphatic carbocycles. The van der Waals surface area contributed by atoms with E-state index in [2.05, 4.69) is 25.9 Å². The fraction of sp³-hybridized carbons (Fsp3) is 0.529. The Morgan fingerprint density at radius 3 is 2.88 bits per heavy atom. The van der Waals surface area contributed by atoms with E-state index >= 15 is 0 Å².